The monoisotopic (exact) mass is 415 g/mol. The molecule has 27 heavy (non-hydrogen) atoms. The second-order valence-corrected chi connectivity index (χ2v) is 8.74. The van der Waals surface area contributed by atoms with Crippen LogP contribution in [0.25, 0.3) is 0 Å². The number of ether oxygens (including phenoxy) is 1. The van der Waals surface area contributed by atoms with Crippen LogP contribution >= 0.6 is 22.9 Å². The standard InChI is InChI=1S/C17H23F2N5OS2/c18-15(19)13-14(26-9-21-13)12(7-20)24-5-3-10(4-6-24)8-25-17-22-16(23-27-17)11-1-2-11/h9-12,15H,1-8,20H2. The molecule has 2 aromatic rings. The van der Waals surface area contributed by atoms with Crippen LogP contribution in [0.3, 0.4) is 0 Å². The number of nitrogens with zero attached hydrogens (tertiary/aromatic N) is 4. The van der Waals surface area contributed by atoms with E-state index in [1.54, 1.807) is 0 Å². The summed E-state index contributed by atoms with van der Waals surface area (Å²) in [6.07, 6.45) is 1.72. The lowest BCUT2D eigenvalue weighted by Crippen LogP contribution is -2.40. The van der Waals surface area contributed by atoms with Crippen molar-refractivity contribution in [2.75, 3.05) is 26.2 Å². The molecule has 1 aliphatic heterocycles. The van der Waals surface area contributed by atoms with E-state index in [0.717, 1.165) is 31.8 Å². The first kappa shape index (κ1) is 19.1. The average molecular weight is 416 g/mol. The lowest BCUT2D eigenvalue weighted by Gasteiger charge is -2.36. The summed E-state index contributed by atoms with van der Waals surface area (Å²) in [4.78, 5) is 11.1. The molecule has 6 nitrogen and oxygen atoms in total. The van der Waals surface area contributed by atoms with Crippen LogP contribution in [0.1, 0.15) is 60.5 Å². The van der Waals surface area contributed by atoms with E-state index in [-0.39, 0.29) is 11.7 Å². The van der Waals surface area contributed by atoms with Gasteiger partial charge >= 0.3 is 0 Å². The van der Waals surface area contributed by atoms with Crippen molar-refractivity contribution in [2.24, 2.45) is 11.7 Å². The fourth-order valence-corrected chi connectivity index (χ4v) is 5.07. The summed E-state index contributed by atoms with van der Waals surface area (Å²) in [7, 11) is 0. The van der Waals surface area contributed by atoms with Gasteiger partial charge in [0.2, 0.25) is 0 Å². The number of alkyl halides is 2. The molecule has 0 radical (unpaired) electrons. The van der Waals surface area contributed by atoms with E-state index < -0.39 is 6.43 Å². The van der Waals surface area contributed by atoms with Crippen molar-refractivity contribution in [2.45, 2.75) is 44.1 Å². The maximum atomic E-state index is 13.2. The van der Waals surface area contributed by atoms with Crippen LogP contribution in [0.15, 0.2) is 5.51 Å². The fourth-order valence-electron chi connectivity index (χ4n) is 3.51. The summed E-state index contributed by atoms with van der Waals surface area (Å²) >= 11 is 2.60. The molecule has 2 N–H and O–H groups in total. The minimum atomic E-state index is -2.56. The van der Waals surface area contributed by atoms with Crippen molar-refractivity contribution in [3.05, 3.63) is 21.9 Å². The summed E-state index contributed by atoms with van der Waals surface area (Å²) in [5, 5.41) is 0.658. The number of hydrogen-bond donors (Lipinski definition) is 1. The van der Waals surface area contributed by atoms with Gasteiger partial charge in [0.05, 0.1) is 23.0 Å². The Bertz CT molecular complexity index is 743. The third-order valence-corrected chi connectivity index (χ3v) is 6.84. The Labute approximate surface area is 164 Å². The van der Waals surface area contributed by atoms with Crippen LogP contribution in [0, 0.1) is 5.92 Å². The molecule has 1 aliphatic carbocycles. The van der Waals surface area contributed by atoms with Gasteiger partial charge < -0.3 is 10.5 Å². The molecule has 2 aliphatic rings. The first-order valence-corrected chi connectivity index (χ1v) is 10.9. The predicted molar refractivity (Wildman–Crippen MR) is 101 cm³/mol. The van der Waals surface area contributed by atoms with Gasteiger partial charge in [-0.15, -0.1) is 11.3 Å². The zero-order chi connectivity index (χ0) is 18.8. The van der Waals surface area contributed by atoms with Crippen molar-refractivity contribution >= 4 is 22.9 Å². The van der Waals surface area contributed by atoms with Crippen LogP contribution in [-0.4, -0.2) is 45.5 Å². The molecule has 0 amide bonds. The normalized spacial score (nSPS) is 20.3. The molecule has 4 rings (SSSR count). The number of likely N-dealkylation sites (tertiary alicyclic amines) is 1. The first-order valence-electron chi connectivity index (χ1n) is 9.27. The summed E-state index contributed by atoms with van der Waals surface area (Å²) in [6.45, 7) is 2.58. The summed E-state index contributed by atoms with van der Waals surface area (Å²) in [6, 6.07) is -0.187. The molecule has 2 aromatic heterocycles. The van der Waals surface area contributed by atoms with Gasteiger partial charge in [-0.2, -0.15) is 9.36 Å². The van der Waals surface area contributed by atoms with Crippen molar-refractivity contribution in [3.8, 4) is 5.19 Å². The Hall–Kier alpha value is -1.23. The zero-order valence-corrected chi connectivity index (χ0v) is 16.5. The molecule has 148 valence electrons. The summed E-state index contributed by atoms with van der Waals surface area (Å²) in [5.41, 5.74) is 7.28. The van der Waals surface area contributed by atoms with Crippen LogP contribution in [0.4, 0.5) is 8.78 Å². The average Bonchev–Trinajstić information content (AvgIpc) is 3.22. The van der Waals surface area contributed by atoms with Gasteiger partial charge in [-0.3, -0.25) is 4.90 Å². The molecule has 10 heteroatoms. The highest BCUT2D eigenvalue weighted by molar-refractivity contribution is 7.09. The van der Waals surface area contributed by atoms with Crippen LogP contribution < -0.4 is 10.5 Å². The van der Waals surface area contributed by atoms with E-state index in [2.05, 4.69) is 19.2 Å². The smallest absolute Gasteiger partial charge is 0.293 e. The fraction of sp³-hybridized carbons (Fsp3) is 0.706. The van der Waals surface area contributed by atoms with Gasteiger partial charge in [0.15, 0.2) is 0 Å². The maximum absolute atomic E-state index is 13.2. The number of nitrogens with two attached hydrogens (primary N) is 1. The van der Waals surface area contributed by atoms with Crippen molar-refractivity contribution in [3.63, 3.8) is 0 Å². The summed E-state index contributed by atoms with van der Waals surface area (Å²) < 4.78 is 36.5. The van der Waals surface area contributed by atoms with Crippen molar-refractivity contribution < 1.29 is 13.5 Å². The van der Waals surface area contributed by atoms with Crippen molar-refractivity contribution in [1.29, 1.82) is 0 Å². The third-order valence-electron chi connectivity index (χ3n) is 5.25. The second kappa shape index (κ2) is 8.42. The molecule has 0 spiro atoms. The third kappa shape index (κ3) is 4.44. The Morgan fingerprint density at radius 1 is 1.26 bits per heavy atom. The molecule has 2 fully saturated rings. The number of halogens is 2. The van der Waals surface area contributed by atoms with Crippen LogP contribution in [0.2, 0.25) is 0 Å². The highest BCUT2D eigenvalue weighted by Crippen LogP contribution is 2.40. The molecule has 1 saturated carbocycles. The molecular weight excluding hydrogens is 392 g/mol. The maximum Gasteiger partial charge on any atom is 0.293 e. The molecule has 1 saturated heterocycles. The quantitative estimate of drug-likeness (QED) is 0.710. The van der Waals surface area contributed by atoms with Gasteiger partial charge in [-0.25, -0.2) is 13.8 Å². The minimum Gasteiger partial charge on any atom is -0.469 e. The Morgan fingerprint density at radius 2 is 2.04 bits per heavy atom. The van der Waals surface area contributed by atoms with Gasteiger partial charge in [0.25, 0.3) is 11.6 Å². The summed E-state index contributed by atoms with van der Waals surface area (Å²) in [5.74, 6) is 1.90. The van der Waals surface area contributed by atoms with E-state index in [9.17, 15) is 8.78 Å². The zero-order valence-electron chi connectivity index (χ0n) is 14.9. The van der Waals surface area contributed by atoms with E-state index >= 15 is 0 Å². The number of hydrogen-bond acceptors (Lipinski definition) is 8. The number of thiazole rings is 1. The van der Waals surface area contributed by atoms with Gasteiger partial charge in [0.1, 0.15) is 11.5 Å². The number of aromatic nitrogens is 3. The second-order valence-electron chi connectivity index (χ2n) is 7.14. The van der Waals surface area contributed by atoms with Gasteiger partial charge in [-0.05, 0) is 44.7 Å². The lowest BCUT2D eigenvalue weighted by atomic mass is 9.96. The van der Waals surface area contributed by atoms with Crippen molar-refractivity contribution in [1.82, 2.24) is 19.2 Å². The first-order chi connectivity index (χ1) is 13.2. The molecule has 0 bridgehead atoms. The number of rotatable bonds is 8. The molecule has 1 unspecified atom stereocenters. The predicted octanol–water partition coefficient (Wildman–Crippen LogP) is 3.60. The van der Waals surface area contributed by atoms with Gasteiger partial charge in [0, 0.05) is 24.0 Å². The minimum absolute atomic E-state index is 0.122. The topological polar surface area (TPSA) is 77.2 Å². The van der Waals surface area contributed by atoms with E-state index in [0.29, 0.717) is 35.1 Å². The SMILES string of the molecule is NCC(c1scnc1C(F)F)N1CCC(COc2nc(C3CC3)ns2)CC1. The molecule has 0 aromatic carbocycles. The highest BCUT2D eigenvalue weighted by Gasteiger charge is 2.31. The van der Waals surface area contributed by atoms with E-state index in [1.165, 1.54) is 41.2 Å². The molecule has 3 heterocycles. The van der Waals surface area contributed by atoms with E-state index in [1.807, 2.05) is 0 Å². The lowest BCUT2D eigenvalue weighted by molar-refractivity contribution is 0.105. The molecule has 1 atom stereocenters. The van der Waals surface area contributed by atoms with Crippen LogP contribution in [0.5, 0.6) is 5.19 Å². The van der Waals surface area contributed by atoms with Crippen LogP contribution in [-0.2, 0) is 0 Å². The Balaban J connectivity index is 1.28. The Kier molecular flexibility index (Phi) is 5.96. The largest absolute Gasteiger partial charge is 0.469 e. The number of piperidine rings is 1. The highest BCUT2D eigenvalue weighted by atomic mass is 32.1. The van der Waals surface area contributed by atoms with Gasteiger partial charge in [-0.1, -0.05) is 0 Å². The van der Waals surface area contributed by atoms with E-state index in [4.69, 9.17) is 10.5 Å². The Morgan fingerprint density at radius 3 is 2.70 bits per heavy atom. The molecular formula is C17H23F2N5OS2.